The minimum atomic E-state index is -5.86. The number of halogens is 4. The first-order chi connectivity index (χ1) is 20.3. The molecule has 1 aromatic rings. The second-order valence-corrected chi connectivity index (χ2v) is 14.6. The van der Waals surface area contributed by atoms with Crippen molar-refractivity contribution in [1.82, 2.24) is 20.3 Å². The summed E-state index contributed by atoms with van der Waals surface area (Å²) >= 11 is 5.98. The van der Waals surface area contributed by atoms with Crippen LogP contribution in [0.5, 0.6) is 5.75 Å². The van der Waals surface area contributed by atoms with E-state index in [0.29, 0.717) is 23.7 Å². The number of benzene rings is 1. The molecule has 2 aliphatic heterocycles. The fraction of sp³-hybridized carbons (Fsp3) is 0.643. The second-order valence-electron chi connectivity index (χ2n) is 12.5. The zero-order valence-corrected chi connectivity index (χ0v) is 26.2. The fourth-order valence-corrected chi connectivity index (χ4v) is 7.21. The summed E-state index contributed by atoms with van der Waals surface area (Å²) < 4.78 is 70.3. The molecule has 1 saturated carbocycles. The molecule has 3 N–H and O–H groups in total. The van der Waals surface area contributed by atoms with Crippen LogP contribution in [0.4, 0.5) is 13.2 Å². The minimum absolute atomic E-state index is 0.0209. The van der Waals surface area contributed by atoms with Gasteiger partial charge in [0.1, 0.15) is 24.4 Å². The van der Waals surface area contributed by atoms with Gasteiger partial charge in [0, 0.05) is 24.0 Å². The third kappa shape index (κ3) is 6.99. The van der Waals surface area contributed by atoms with E-state index >= 15 is 0 Å². The lowest BCUT2D eigenvalue weighted by Crippen LogP contribution is -2.59. The summed E-state index contributed by atoms with van der Waals surface area (Å²) in [5, 5.41) is 5.76. The van der Waals surface area contributed by atoms with E-state index in [4.69, 9.17) is 16.3 Å². The molecule has 11 nitrogen and oxygen atoms in total. The van der Waals surface area contributed by atoms with E-state index in [1.807, 2.05) is 13.8 Å². The number of nitrogens with zero attached hydrogens (tertiary/aromatic N) is 1. The van der Waals surface area contributed by atoms with Gasteiger partial charge in [0.25, 0.3) is 0 Å². The summed E-state index contributed by atoms with van der Waals surface area (Å²) in [4.78, 5) is 54.3. The van der Waals surface area contributed by atoms with Gasteiger partial charge in [-0.1, -0.05) is 45.4 Å². The maximum atomic E-state index is 13.9. The van der Waals surface area contributed by atoms with Gasteiger partial charge in [0.15, 0.2) is 5.78 Å². The van der Waals surface area contributed by atoms with Crippen molar-refractivity contribution in [2.24, 2.45) is 29.1 Å². The van der Waals surface area contributed by atoms with Crippen molar-refractivity contribution < 1.29 is 45.5 Å². The fourth-order valence-electron chi connectivity index (χ4n) is 6.19. The molecule has 0 spiro atoms. The molecule has 16 heteroatoms. The van der Waals surface area contributed by atoms with Crippen LogP contribution in [0.2, 0.25) is 5.02 Å². The van der Waals surface area contributed by atoms with Gasteiger partial charge in [-0.05, 0) is 54.2 Å². The van der Waals surface area contributed by atoms with Crippen LogP contribution in [0.3, 0.4) is 0 Å². The van der Waals surface area contributed by atoms with Gasteiger partial charge in [0.2, 0.25) is 17.7 Å². The molecule has 1 aromatic carbocycles. The topological polar surface area (TPSA) is 151 Å². The number of rotatable bonds is 12. The lowest BCUT2D eigenvalue weighted by atomic mass is 9.94. The molecule has 0 aromatic heterocycles. The highest BCUT2D eigenvalue weighted by molar-refractivity contribution is 7.90. The Labute approximate surface area is 258 Å². The van der Waals surface area contributed by atoms with Gasteiger partial charge in [-0.25, -0.2) is 8.42 Å². The second kappa shape index (κ2) is 12.5. The van der Waals surface area contributed by atoms with Gasteiger partial charge in [-0.15, -0.1) is 0 Å². The first-order valence-corrected chi connectivity index (χ1v) is 16.1. The van der Waals surface area contributed by atoms with Crippen LogP contribution in [0.15, 0.2) is 24.3 Å². The molecule has 2 saturated heterocycles. The van der Waals surface area contributed by atoms with Crippen molar-refractivity contribution in [3.8, 4) is 5.75 Å². The molecule has 44 heavy (non-hydrogen) atoms. The van der Waals surface area contributed by atoms with Crippen LogP contribution < -0.4 is 20.1 Å². The van der Waals surface area contributed by atoms with Crippen molar-refractivity contribution in [1.29, 1.82) is 0 Å². The van der Waals surface area contributed by atoms with Gasteiger partial charge < -0.3 is 20.3 Å². The number of Topliss-reactive ketones (excluding diaryl/α,β-unsaturated/α-hetero) is 1. The normalized spacial score (nSPS) is 25.7. The average Bonchev–Trinajstić information content (AvgIpc) is 3.26. The molecule has 0 bridgehead atoms. The van der Waals surface area contributed by atoms with Gasteiger partial charge in [-0.3, -0.25) is 19.2 Å². The van der Waals surface area contributed by atoms with E-state index in [0.717, 1.165) is 4.90 Å². The highest BCUT2D eigenvalue weighted by atomic mass is 35.5. The maximum Gasteiger partial charge on any atom is 0.511 e. The summed E-state index contributed by atoms with van der Waals surface area (Å²) in [6.07, 6.45) is 0.405. The van der Waals surface area contributed by atoms with Crippen LogP contribution >= 0.6 is 11.6 Å². The highest BCUT2D eigenvalue weighted by Gasteiger charge is 2.70. The number of ketones is 1. The van der Waals surface area contributed by atoms with Gasteiger partial charge in [0.05, 0.1) is 6.04 Å². The number of alkyl halides is 3. The number of nitrogens with one attached hydrogen (secondary N) is 3. The summed E-state index contributed by atoms with van der Waals surface area (Å²) in [5.74, 6) is -4.21. The molecule has 3 amide bonds. The monoisotopic (exact) mass is 664 g/mol. The SMILES string of the molecule is CC(C)[C@H](NS(=O)(=O)C(F)(F)F)C(=O)N1C[C@H]2[C@@H]([C@H]1C(=O)N[C@@H](C[C@@H]1CCNC1=O)C(=O)COc1cccc(Cl)c1)C2(C)C. The zero-order chi connectivity index (χ0) is 32.8. The lowest BCUT2D eigenvalue weighted by molar-refractivity contribution is -0.143. The molecule has 3 fully saturated rings. The summed E-state index contributed by atoms with van der Waals surface area (Å²) in [6, 6.07) is 2.19. The van der Waals surface area contributed by atoms with E-state index < -0.39 is 75.1 Å². The van der Waals surface area contributed by atoms with E-state index in [1.54, 1.807) is 18.2 Å². The molecule has 0 unspecified atom stereocenters. The number of carbonyl (C=O) groups is 4. The molecule has 6 atom stereocenters. The number of piperidine rings is 1. The number of ether oxygens (including phenoxy) is 1. The molecule has 244 valence electrons. The maximum absolute atomic E-state index is 13.9. The standard InChI is InChI=1S/C28H36ClF3N4O7S/c1-14(2)22(35-44(41,42)28(30,31)32)26(40)36-12-18-21(27(18,3)4)23(36)25(39)34-19(10-15-8-9-33-24(15)38)20(37)13-43-17-7-5-6-16(29)11-17/h5-7,11,14-15,18-19,21-23,35H,8-10,12-13H2,1-4H3,(H,33,38)(H,34,39)/t15-,18-,19-,21-,22-,23-/m0/s1. The smallest absolute Gasteiger partial charge is 0.486 e. The van der Waals surface area contributed by atoms with Crippen LogP contribution in [-0.4, -0.2) is 80.2 Å². The van der Waals surface area contributed by atoms with Gasteiger partial charge >= 0.3 is 15.5 Å². The number of carbonyl (C=O) groups excluding carboxylic acids is 4. The highest BCUT2D eigenvalue weighted by Crippen LogP contribution is 2.65. The van der Waals surface area contributed by atoms with Crippen molar-refractivity contribution >= 4 is 45.1 Å². The summed E-state index contributed by atoms with van der Waals surface area (Å²) in [7, 11) is -5.86. The number of hydrogen-bond acceptors (Lipinski definition) is 7. The van der Waals surface area contributed by atoms with Crippen LogP contribution in [0, 0.1) is 29.1 Å². The Bertz CT molecular complexity index is 1420. The number of amides is 3. The molecule has 4 rings (SSSR count). The third-order valence-electron chi connectivity index (χ3n) is 8.85. The number of sulfonamides is 1. The Kier molecular flexibility index (Phi) is 9.63. The first-order valence-electron chi connectivity index (χ1n) is 14.2. The Morgan fingerprint density at radius 2 is 1.91 bits per heavy atom. The Balaban J connectivity index is 1.56. The van der Waals surface area contributed by atoms with E-state index in [-0.39, 0.29) is 30.7 Å². The van der Waals surface area contributed by atoms with Crippen LogP contribution in [-0.2, 0) is 29.2 Å². The van der Waals surface area contributed by atoms with E-state index in [2.05, 4.69) is 10.6 Å². The van der Waals surface area contributed by atoms with Crippen molar-refractivity contribution in [2.45, 2.75) is 64.2 Å². The molecule has 2 heterocycles. The van der Waals surface area contributed by atoms with E-state index in [9.17, 15) is 40.8 Å². The third-order valence-corrected chi connectivity index (χ3v) is 10.3. The quantitative estimate of drug-likeness (QED) is 0.310. The molecule has 3 aliphatic rings. The molecule has 1 aliphatic carbocycles. The number of fused-ring (bicyclic) bond motifs is 1. The summed E-state index contributed by atoms with van der Waals surface area (Å²) in [6.45, 7) is 6.52. The average molecular weight is 665 g/mol. The van der Waals surface area contributed by atoms with Gasteiger partial charge in [-0.2, -0.15) is 17.9 Å². The predicted octanol–water partition coefficient (Wildman–Crippen LogP) is 2.25. The Morgan fingerprint density at radius 3 is 2.48 bits per heavy atom. The summed E-state index contributed by atoms with van der Waals surface area (Å²) in [5.41, 5.74) is -6.03. The predicted molar refractivity (Wildman–Crippen MR) is 153 cm³/mol. The van der Waals surface area contributed by atoms with Crippen molar-refractivity contribution in [3.05, 3.63) is 29.3 Å². The lowest BCUT2D eigenvalue weighted by Gasteiger charge is -2.35. The number of hydrogen-bond donors (Lipinski definition) is 3. The molecular weight excluding hydrogens is 629 g/mol. The number of likely N-dealkylation sites (tertiary alicyclic amines) is 1. The minimum Gasteiger partial charge on any atom is -0.486 e. The van der Waals surface area contributed by atoms with Crippen LogP contribution in [0.25, 0.3) is 0 Å². The largest absolute Gasteiger partial charge is 0.511 e. The molecular formula is C28H36ClF3N4O7S. The van der Waals surface area contributed by atoms with Crippen molar-refractivity contribution in [2.75, 3.05) is 19.7 Å². The van der Waals surface area contributed by atoms with Crippen molar-refractivity contribution in [3.63, 3.8) is 0 Å². The zero-order valence-electron chi connectivity index (χ0n) is 24.6. The van der Waals surface area contributed by atoms with Crippen LogP contribution in [0.1, 0.15) is 40.5 Å². The first kappa shape index (κ1) is 34.0. The Hall–Kier alpha value is -2.91. The molecule has 0 radical (unpaired) electrons. The van der Waals surface area contributed by atoms with E-state index in [1.165, 1.54) is 24.6 Å². The Morgan fingerprint density at radius 1 is 1.23 bits per heavy atom.